The molecule has 12 heavy (non-hydrogen) atoms. The molecule has 3 nitrogen and oxygen atoms in total. The van der Waals surface area contributed by atoms with E-state index < -0.39 is 5.97 Å². The molecule has 1 N–H and O–H groups in total. The quantitative estimate of drug-likeness (QED) is 0.379. The maximum atomic E-state index is 10.5. The minimum atomic E-state index is -0.979. The highest BCUT2D eigenvalue weighted by molar-refractivity contribution is 5.84. The molecule has 0 saturated heterocycles. The van der Waals surface area contributed by atoms with Gasteiger partial charge < -0.3 is 9.84 Å². The van der Waals surface area contributed by atoms with Gasteiger partial charge in [-0.05, 0) is 18.9 Å². The zero-order chi connectivity index (χ0) is 9.40. The lowest BCUT2D eigenvalue weighted by Crippen LogP contribution is -2.05. The van der Waals surface area contributed by atoms with Crippen molar-refractivity contribution in [3.05, 3.63) is 11.8 Å². The lowest BCUT2D eigenvalue weighted by atomic mass is 10.3. The van der Waals surface area contributed by atoms with Crippen LogP contribution in [0.1, 0.15) is 33.1 Å². The van der Waals surface area contributed by atoms with Crippen molar-refractivity contribution in [1.29, 1.82) is 0 Å². The molecular formula is C9H16O3. The van der Waals surface area contributed by atoms with Crippen molar-refractivity contribution in [3.8, 4) is 0 Å². The molecule has 0 atom stereocenters. The number of unbranched alkanes of at least 4 members (excludes halogenated alkanes) is 1. The van der Waals surface area contributed by atoms with Gasteiger partial charge in [0.1, 0.15) is 0 Å². The van der Waals surface area contributed by atoms with E-state index in [4.69, 9.17) is 9.84 Å². The largest absolute Gasteiger partial charge is 0.487 e. The van der Waals surface area contributed by atoms with Crippen LogP contribution >= 0.6 is 0 Å². The fraction of sp³-hybridized carbons (Fsp3) is 0.667. The molecule has 0 heterocycles. The van der Waals surface area contributed by atoms with E-state index in [9.17, 15) is 4.79 Å². The Kier molecular flexibility index (Phi) is 6.15. The van der Waals surface area contributed by atoms with E-state index in [2.05, 4.69) is 0 Å². The Morgan fingerprint density at radius 3 is 2.58 bits per heavy atom. The van der Waals surface area contributed by atoms with Crippen LogP contribution in [0.2, 0.25) is 0 Å². The summed E-state index contributed by atoms with van der Waals surface area (Å²) < 4.78 is 5.05. The van der Waals surface area contributed by atoms with Crippen LogP contribution in [0.25, 0.3) is 0 Å². The van der Waals surface area contributed by atoms with E-state index in [0.29, 0.717) is 13.0 Å². The molecular weight excluding hydrogens is 156 g/mol. The first kappa shape index (κ1) is 11.0. The number of carboxylic acids is 1. The lowest BCUT2D eigenvalue weighted by Gasteiger charge is -2.04. The Balaban J connectivity index is 3.81. The number of aliphatic carboxylic acids is 1. The molecule has 0 saturated carbocycles. The summed E-state index contributed by atoms with van der Waals surface area (Å²) in [5.41, 5.74) is 0. The maximum Gasteiger partial charge on any atom is 0.370 e. The molecule has 0 unspecified atom stereocenters. The molecule has 0 aromatic carbocycles. The second-order valence-electron chi connectivity index (χ2n) is 2.48. The minimum Gasteiger partial charge on any atom is -0.487 e. The maximum absolute atomic E-state index is 10.5. The average Bonchev–Trinajstić information content (AvgIpc) is 2.03. The van der Waals surface area contributed by atoms with Crippen LogP contribution in [-0.2, 0) is 9.53 Å². The van der Waals surface area contributed by atoms with E-state index in [0.717, 1.165) is 12.8 Å². The topological polar surface area (TPSA) is 46.5 Å². The molecule has 0 aromatic rings. The van der Waals surface area contributed by atoms with E-state index in [-0.39, 0.29) is 5.76 Å². The van der Waals surface area contributed by atoms with Crippen molar-refractivity contribution in [2.75, 3.05) is 6.61 Å². The van der Waals surface area contributed by atoms with Gasteiger partial charge in [-0.1, -0.05) is 20.3 Å². The smallest absolute Gasteiger partial charge is 0.370 e. The Bertz CT molecular complexity index is 161. The van der Waals surface area contributed by atoms with E-state index in [1.165, 1.54) is 0 Å². The highest BCUT2D eigenvalue weighted by Gasteiger charge is 2.06. The van der Waals surface area contributed by atoms with Crippen LogP contribution in [0.5, 0.6) is 0 Å². The lowest BCUT2D eigenvalue weighted by molar-refractivity contribution is -0.136. The summed E-state index contributed by atoms with van der Waals surface area (Å²) in [4.78, 5) is 10.5. The molecule has 0 rings (SSSR count). The molecule has 0 aliphatic carbocycles. The third-order valence-electron chi connectivity index (χ3n) is 1.36. The first-order valence-electron chi connectivity index (χ1n) is 4.28. The Hall–Kier alpha value is -0.990. The second kappa shape index (κ2) is 6.70. The van der Waals surface area contributed by atoms with Crippen LogP contribution in [0.3, 0.4) is 0 Å². The Labute approximate surface area is 73.0 Å². The summed E-state index contributed by atoms with van der Waals surface area (Å²) in [6, 6.07) is 0. The third kappa shape index (κ3) is 4.77. The zero-order valence-electron chi connectivity index (χ0n) is 7.67. The van der Waals surface area contributed by atoms with Crippen LogP contribution < -0.4 is 0 Å². The van der Waals surface area contributed by atoms with Gasteiger partial charge in [0.25, 0.3) is 0 Å². The predicted molar refractivity (Wildman–Crippen MR) is 46.9 cm³/mol. The van der Waals surface area contributed by atoms with Gasteiger partial charge in [-0.25, -0.2) is 4.79 Å². The van der Waals surface area contributed by atoms with Gasteiger partial charge in [-0.2, -0.15) is 0 Å². The van der Waals surface area contributed by atoms with Gasteiger partial charge in [-0.3, -0.25) is 0 Å². The Morgan fingerprint density at radius 2 is 2.17 bits per heavy atom. The van der Waals surface area contributed by atoms with Gasteiger partial charge in [0.2, 0.25) is 0 Å². The molecule has 0 fully saturated rings. The fourth-order valence-corrected chi connectivity index (χ4v) is 0.720. The molecule has 70 valence electrons. The van der Waals surface area contributed by atoms with E-state index >= 15 is 0 Å². The molecule has 0 bridgehead atoms. The van der Waals surface area contributed by atoms with Gasteiger partial charge in [0.05, 0.1) is 6.61 Å². The SMILES string of the molecule is CC/C=C(/OCCCC)C(=O)O. The molecule has 0 spiro atoms. The number of allylic oxidation sites excluding steroid dienone is 1. The van der Waals surface area contributed by atoms with Crippen LogP contribution in [0.4, 0.5) is 0 Å². The summed E-state index contributed by atoms with van der Waals surface area (Å²) in [5, 5.41) is 8.61. The molecule has 0 aliphatic rings. The van der Waals surface area contributed by atoms with Crippen molar-refractivity contribution in [3.63, 3.8) is 0 Å². The van der Waals surface area contributed by atoms with Crippen LogP contribution in [0, 0.1) is 0 Å². The van der Waals surface area contributed by atoms with Crippen molar-refractivity contribution in [1.82, 2.24) is 0 Å². The number of ether oxygens (including phenoxy) is 1. The number of carbonyl (C=O) groups is 1. The van der Waals surface area contributed by atoms with Crippen molar-refractivity contribution < 1.29 is 14.6 Å². The number of rotatable bonds is 6. The summed E-state index contributed by atoms with van der Waals surface area (Å²) in [6.45, 7) is 4.41. The average molecular weight is 172 g/mol. The molecule has 0 aromatic heterocycles. The summed E-state index contributed by atoms with van der Waals surface area (Å²) in [7, 11) is 0. The van der Waals surface area contributed by atoms with Gasteiger partial charge in [0, 0.05) is 0 Å². The molecule has 0 radical (unpaired) electrons. The Morgan fingerprint density at radius 1 is 1.50 bits per heavy atom. The van der Waals surface area contributed by atoms with Gasteiger partial charge in [-0.15, -0.1) is 0 Å². The minimum absolute atomic E-state index is 0.0750. The fourth-order valence-electron chi connectivity index (χ4n) is 0.720. The summed E-state index contributed by atoms with van der Waals surface area (Å²) in [5.74, 6) is -0.904. The van der Waals surface area contributed by atoms with Crippen molar-refractivity contribution in [2.24, 2.45) is 0 Å². The highest BCUT2D eigenvalue weighted by atomic mass is 16.5. The second-order valence-corrected chi connectivity index (χ2v) is 2.48. The normalized spacial score (nSPS) is 11.3. The summed E-state index contributed by atoms with van der Waals surface area (Å²) in [6.07, 6.45) is 4.18. The van der Waals surface area contributed by atoms with E-state index in [1.54, 1.807) is 6.08 Å². The van der Waals surface area contributed by atoms with Gasteiger partial charge in [0.15, 0.2) is 5.76 Å². The number of carboxylic acid groups (broad SMARTS) is 1. The zero-order valence-corrected chi connectivity index (χ0v) is 7.67. The third-order valence-corrected chi connectivity index (χ3v) is 1.36. The monoisotopic (exact) mass is 172 g/mol. The first-order chi connectivity index (χ1) is 5.72. The first-order valence-corrected chi connectivity index (χ1v) is 4.28. The van der Waals surface area contributed by atoms with Crippen molar-refractivity contribution >= 4 is 5.97 Å². The number of hydrogen-bond acceptors (Lipinski definition) is 2. The molecule has 3 heteroatoms. The summed E-state index contributed by atoms with van der Waals surface area (Å²) >= 11 is 0. The van der Waals surface area contributed by atoms with Crippen LogP contribution in [-0.4, -0.2) is 17.7 Å². The molecule has 0 amide bonds. The van der Waals surface area contributed by atoms with Gasteiger partial charge >= 0.3 is 5.97 Å². The predicted octanol–water partition coefficient (Wildman–Crippen LogP) is 2.18. The standard InChI is InChI=1S/C9H16O3/c1-3-5-7-12-8(6-4-2)9(10)11/h6H,3-5,7H2,1-2H3,(H,10,11)/b8-6+. The van der Waals surface area contributed by atoms with E-state index in [1.807, 2.05) is 13.8 Å². The highest BCUT2D eigenvalue weighted by Crippen LogP contribution is 2.01. The molecule has 0 aliphatic heterocycles. The van der Waals surface area contributed by atoms with Crippen LogP contribution in [0.15, 0.2) is 11.8 Å². The number of hydrogen-bond donors (Lipinski definition) is 1. The van der Waals surface area contributed by atoms with Crippen molar-refractivity contribution in [2.45, 2.75) is 33.1 Å².